The number of aliphatic carboxylic acids is 1. The number of aliphatic hydroxyl groups is 1. The van der Waals surface area contributed by atoms with E-state index in [-0.39, 0.29) is 6.61 Å². The lowest BCUT2D eigenvalue weighted by molar-refractivity contribution is -0.148. The molecule has 0 aliphatic heterocycles. The summed E-state index contributed by atoms with van der Waals surface area (Å²) in [6.45, 7) is 0.663. The molecule has 0 saturated heterocycles. The lowest BCUT2D eigenvalue weighted by Crippen LogP contribution is -2.26. The van der Waals surface area contributed by atoms with Crippen molar-refractivity contribution in [2.24, 2.45) is 0 Å². The summed E-state index contributed by atoms with van der Waals surface area (Å²) in [5, 5.41) is 17.5. The first-order chi connectivity index (χ1) is 8.63. The number of rotatable bonds is 8. The quantitative estimate of drug-likeness (QED) is 0.660. The van der Waals surface area contributed by atoms with Crippen molar-refractivity contribution in [2.45, 2.75) is 6.10 Å². The van der Waals surface area contributed by atoms with E-state index in [0.29, 0.717) is 24.7 Å². The Morgan fingerprint density at radius 3 is 2.22 bits per heavy atom. The van der Waals surface area contributed by atoms with Crippen LogP contribution < -0.4 is 9.47 Å². The summed E-state index contributed by atoms with van der Waals surface area (Å²) in [5.74, 6) is -0.179. The summed E-state index contributed by atoms with van der Waals surface area (Å²) in [6.07, 6.45) is -1.53. The molecule has 0 heterocycles. The number of aliphatic hydroxyl groups excluding tert-OH is 1. The van der Waals surface area contributed by atoms with Gasteiger partial charge in [-0.25, -0.2) is 4.79 Å². The van der Waals surface area contributed by atoms with Gasteiger partial charge in [0.15, 0.2) is 6.10 Å². The van der Waals surface area contributed by atoms with Crippen LogP contribution in [0.15, 0.2) is 24.3 Å². The first-order valence-electron chi connectivity index (χ1n) is 5.39. The number of hydrogen-bond acceptors (Lipinski definition) is 5. The molecular weight excluding hydrogens is 240 g/mol. The smallest absolute Gasteiger partial charge is 0.336 e. The molecule has 1 aromatic rings. The highest BCUT2D eigenvalue weighted by Gasteiger charge is 2.13. The number of carboxylic acid groups (broad SMARTS) is 1. The van der Waals surface area contributed by atoms with Crippen molar-refractivity contribution in [3.8, 4) is 11.5 Å². The van der Waals surface area contributed by atoms with E-state index < -0.39 is 12.1 Å². The number of benzene rings is 1. The van der Waals surface area contributed by atoms with Gasteiger partial charge in [-0.1, -0.05) is 0 Å². The average Bonchev–Trinajstić information content (AvgIpc) is 2.37. The summed E-state index contributed by atoms with van der Waals surface area (Å²) in [4.78, 5) is 10.4. The highest BCUT2D eigenvalue weighted by molar-refractivity contribution is 5.72. The van der Waals surface area contributed by atoms with Crippen LogP contribution in [-0.2, 0) is 9.53 Å². The van der Waals surface area contributed by atoms with Crippen molar-refractivity contribution in [1.82, 2.24) is 0 Å². The molecule has 18 heavy (non-hydrogen) atoms. The van der Waals surface area contributed by atoms with Crippen molar-refractivity contribution in [2.75, 3.05) is 26.9 Å². The number of methoxy groups -OCH3 is 1. The molecule has 0 aliphatic carbocycles. The van der Waals surface area contributed by atoms with Gasteiger partial charge in [-0.3, -0.25) is 0 Å². The average molecular weight is 256 g/mol. The molecule has 0 aliphatic rings. The van der Waals surface area contributed by atoms with Gasteiger partial charge >= 0.3 is 5.97 Å². The number of carbonyl (C=O) groups is 1. The third-order valence-corrected chi connectivity index (χ3v) is 2.07. The third kappa shape index (κ3) is 5.03. The van der Waals surface area contributed by atoms with Crippen LogP contribution in [0.2, 0.25) is 0 Å². The van der Waals surface area contributed by atoms with Gasteiger partial charge in [0.2, 0.25) is 0 Å². The molecule has 1 rings (SSSR count). The van der Waals surface area contributed by atoms with Gasteiger partial charge in [0, 0.05) is 7.11 Å². The van der Waals surface area contributed by atoms with Crippen molar-refractivity contribution in [1.29, 1.82) is 0 Å². The largest absolute Gasteiger partial charge is 0.491 e. The van der Waals surface area contributed by atoms with Crippen LogP contribution in [-0.4, -0.2) is 49.2 Å². The summed E-state index contributed by atoms with van der Waals surface area (Å²) in [7, 11) is 1.59. The monoisotopic (exact) mass is 256 g/mol. The van der Waals surface area contributed by atoms with Gasteiger partial charge in [0.25, 0.3) is 0 Å². The van der Waals surface area contributed by atoms with E-state index in [0.717, 1.165) is 0 Å². The summed E-state index contributed by atoms with van der Waals surface area (Å²) >= 11 is 0. The van der Waals surface area contributed by atoms with Crippen LogP contribution in [0.5, 0.6) is 11.5 Å². The van der Waals surface area contributed by atoms with Crippen LogP contribution in [0.25, 0.3) is 0 Å². The fourth-order valence-corrected chi connectivity index (χ4v) is 1.12. The fourth-order valence-electron chi connectivity index (χ4n) is 1.12. The van der Waals surface area contributed by atoms with Gasteiger partial charge in [-0.05, 0) is 24.3 Å². The molecule has 6 nitrogen and oxygen atoms in total. The molecule has 100 valence electrons. The first kappa shape index (κ1) is 14.3. The van der Waals surface area contributed by atoms with E-state index in [9.17, 15) is 4.79 Å². The zero-order valence-corrected chi connectivity index (χ0v) is 10.0. The first-order valence-corrected chi connectivity index (χ1v) is 5.39. The second-order valence-electron chi connectivity index (χ2n) is 3.48. The minimum atomic E-state index is -1.53. The van der Waals surface area contributed by atoms with E-state index >= 15 is 0 Å². The van der Waals surface area contributed by atoms with Gasteiger partial charge in [-0.2, -0.15) is 0 Å². The van der Waals surface area contributed by atoms with E-state index in [1.165, 1.54) is 0 Å². The number of ether oxygens (including phenoxy) is 3. The highest BCUT2D eigenvalue weighted by Crippen LogP contribution is 2.17. The molecule has 0 radical (unpaired) electrons. The number of carboxylic acids is 1. The molecule has 1 unspecified atom stereocenters. The maximum absolute atomic E-state index is 10.4. The van der Waals surface area contributed by atoms with Crippen molar-refractivity contribution in [3.05, 3.63) is 24.3 Å². The van der Waals surface area contributed by atoms with E-state index in [4.69, 9.17) is 24.4 Å². The van der Waals surface area contributed by atoms with Gasteiger partial charge in [0.05, 0.1) is 6.61 Å². The Morgan fingerprint density at radius 1 is 1.17 bits per heavy atom. The lowest BCUT2D eigenvalue weighted by Gasteiger charge is -2.09. The third-order valence-electron chi connectivity index (χ3n) is 2.07. The van der Waals surface area contributed by atoms with Crippen molar-refractivity contribution in [3.63, 3.8) is 0 Å². The van der Waals surface area contributed by atoms with Crippen LogP contribution in [0.4, 0.5) is 0 Å². The maximum Gasteiger partial charge on any atom is 0.336 e. The second kappa shape index (κ2) is 7.52. The maximum atomic E-state index is 10.4. The fraction of sp³-hybridized carbons (Fsp3) is 0.417. The Balaban J connectivity index is 2.38. The molecule has 0 aromatic heterocycles. The van der Waals surface area contributed by atoms with Crippen molar-refractivity contribution >= 4 is 5.97 Å². The minimum absolute atomic E-state index is 0.292. The SMILES string of the molecule is COCCOc1ccc(OCC(O)C(=O)O)cc1. The Morgan fingerprint density at radius 2 is 1.72 bits per heavy atom. The molecule has 1 aromatic carbocycles. The predicted octanol–water partition coefficient (Wildman–Crippen LogP) is 0.536. The Labute approximate surface area is 105 Å². The highest BCUT2D eigenvalue weighted by atomic mass is 16.5. The Kier molecular flexibility index (Phi) is 5.96. The zero-order valence-electron chi connectivity index (χ0n) is 10.0. The molecule has 0 saturated carbocycles. The lowest BCUT2D eigenvalue weighted by atomic mass is 10.3. The zero-order chi connectivity index (χ0) is 13.4. The molecule has 0 bridgehead atoms. The van der Waals surface area contributed by atoms with E-state index in [1.807, 2.05) is 0 Å². The summed E-state index contributed by atoms with van der Waals surface area (Å²) in [6, 6.07) is 6.66. The molecular formula is C12H16O6. The van der Waals surface area contributed by atoms with Crippen LogP contribution in [0.1, 0.15) is 0 Å². The standard InChI is InChI=1S/C12H16O6/c1-16-6-7-17-9-2-4-10(5-3-9)18-8-11(13)12(14)15/h2-5,11,13H,6-8H2,1H3,(H,14,15). The normalized spacial score (nSPS) is 11.9. The molecule has 0 amide bonds. The van der Waals surface area contributed by atoms with Gasteiger partial charge in [-0.15, -0.1) is 0 Å². The number of hydrogen-bond donors (Lipinski definition) is 2. The Hall–Kier alpha value is -1.79. The van der Waals surface area contributed by atoms with Gasteiger partial charge < -0.3 is 24.4 Å². The van der Waals surface area contributed by atoms with Crippen LogP contribution >= 0.6 is 0 Å². The predicted molar refractivity (Wildman–Crippen MR) is 63.0 cm³/mol. The molecule has 2 N–H and O–H groups in total. The van der Waals surface area contributed by atoms with E-state index in [2.05, 4.69) is 0 Å². The molecule has 1 atom stereocenters. The summed E-state index contributed by atoms with van der Waals surface area (Å²) in [5.41, 5.74) is 0. The summed E-state index contributed by atoms with van der Waals surface area (Å²) < 4.78 is 15.3. The topological polar surface area (TPSA) is 85.2 Å². The minimum Gasteiger partial charge on any atom is -0.491 e. The molecule has 0 fully saturated rings. The van der Waals surface area contributed by atoms with Gasteiger partial charge in [0.1, 0.15) is 24.7 Å². The Bertz CT molecular complexity index is 361. The van der Waals surface area contributed by atoms with E-state index in [1.54, 1.807) is 31.4 Å². The van der Waals surface area contributed by atoms with Crippen LogP contribution in [0, 0.1) is 0 Å². The molecule has 6 heteroatoms. The van der Waals surface area contributed by atoms with Crippen LogP contribution in [0.3, 0.4) is 0 Å². The molecule has 0 spiro atoms. The second-order valence-corrected chi connectivity index (χ2v) is 3.48. The van der Waals surface area contributed by atoms with Crippen molar-refractivity contribution < 1.29 is 29.2 Å².